The molecule has 0 radical (unpaired) electrons. The first kappa shape index (κ1) is 22.7. The van der Waals surface area contributed by atoms with Gasteiger partial charge in [-0.05, 0) is 42.3 Å². The topological polar surface area (TPSA) is 89.8 Å². The van der Waals surface area contributed by atoms with E-state index < -0.39 is 5.91 Å². The van der Waals surface area contributed by atoms with E-state index in [2.05, 4.69) is 5.32 Å². The number of aryl methyl sites for hydroxylation is 1. The van der Waals surface area contributed by atoms with Gasteiger partial charge in [-0.25, -0.2) is 0 Å². The van der Waals surface area contributed by atoms with Crippen molar-refractivity contribution in [2.45, 2.75) is 20.1 Å². The Morgan fingerprint density at radius 2 is 1.91 bits per heavy atom. The lowest BCUT2D eigenvalue weighted by Crippen LogP contribution is -2.24. The molecule has 1 heterocycles. The number of carbonyl (C=O) groups is 1. The van der Waals surface area contributed by atoms with Crippen molar-refractivity contribution >= 4 is 12.0 Å². The second-order valence-electron chi connectivity index (χ2n) is 7.70. The number of amides is 1. The third-order valence-corrected chi connectivity index (χ3v) is 5.25. The van der Waals surface area contributed by atoms with Gasteiger partial charge in [-0.3, -0.25) is 4.79 Å². The van der Waals surface area contributed by atoms with Crippen molar-refractivity contribution in [1.29, 1.82) is 5.26 Å². The van der Waals surface area contributed by atoms with Crippen LogP contribution in [0.25, 0.3) is 6.08 Å². The summed E-state index contributed by atoms with van der Waals surface area (Å²) >= 11 is 0. The summed E-state index contributed by atoms with van der Waals surface area (Å²) in [6.45, 7) is 2.76. The molecule has 34 heavy (non-hydrogen) atoms. The monoisotopic (exact) mass is 456 g/mol. The van der Waals surface area contributed by atoms with Crippen molar-refractivity contribution in [1.82, 2.24) is 5.32 Å². The summed E-state index contributed by atoms with van der Waals surface area (Å²) in [7, 11) is 1.55. The molecule has 1 aliphatic rings. The third kappa shape index (κ3) is 5.30. The van der Waals surface area contributed by atoms with E-state index in [4.69, 9.17) is 18.9 Å². The van der Waals surface area contributed by atoms with Crippen LogP contribution < -0.4 is 24.3 Å². The molecule has 0 aromatic heterocycles. The average molecular weight is 456 g/mol. The Labute approximate surface area is 198 Å². The maximum atomic E-state index is 12.7. The van der Waals surface area contributed by atoms with Crippen LogP contribution in [0.2, 0.25) is 0 Å². The Bertz CT molecular complexity index is 1280. The van der Waals surface area contributed by atoms with Crippen LogP contribution in [0.1, 0.15) is 22.3 Å². The molecule has 0 aliphatic carbocycles. The minimum atomic E-state index is -0.493. The molecule has 7 heteroatoms. The first-order valence-corrected chi connectivity index (χ1v) is 10.7. The summed E-state index contributed by atoms with van der Waals surface area (Å²) in [5.74, 6) is 1.79. The van der Waals surface area contributed by atoms with Crippen molar-refractivity contribution in [2.24, 2.45) is 0 Å². The molecule has 0 spiro atoms. The molecule has 3 aromatic rings. The average Bonchev–Trinajstić information content (AvgIpc) is 3.32. The van der Waals surface area contributed by atoms with Crippen molar-refractivity contribution in [3.63, 3.8) is 0 Å². The minimum absolute atomic E-state index is 0.0469. The van der Waals surface area contributed by atoms with Crippen LogP contribution >= 0.6 is 0 Å². The van der Waals surface area contributed by atoms with Crippen molar-refractivity contribution in [2.75, 3.05) is 13.9 Å². The van der Waals surface area contributed by atoms with Crippen molar-refractivity contribution in [3.05, 3.63) is 88.5 Å². The number of hydrogen-bond donors (Lipinski definition) is 1. The second kappa shape index (κ2) is 10.5. The smallest absolute Gasteiger partial charge is 0.262 e. The molecule has 4 rings (SSSR count). The summed E-state index contributed by atoms with van der Waals surface area (Å²) in [5.41, 5.74) is 3.49. The van der Waals surface area contributed by atoms with E-state index in [1.54, 1.807) is 37.4 Å². The Kier molecular flexibility index (Phi) is 6.99. The molecule has 0 saturated carbocycles. The van der Waals surface area contributed by atoms with Crippen molar-refractivity contribution in [3.8, 4) is 29.1 Å². The van der Waals surface area contributed by atoms with Crippen LogP contribution in [-0.4, -0.2) is 19.8 Å². The third-order valence-electron chi connectivity index (χ3n) is 5.25. The van der Waals surface area contributed by atoms with Crippen LogP contribution in [0.5, 0.6) is 23.0 Å². The van der Waals surface area contributed by atoms with Gasteiger partial charge in [0.15, 0.2) is 23.0 Å². The Balaban J connectivity index is 1.51. The first-order valence-electron chi connectivity index (χ1n) is 10.7. The van der Waals surface area contributed by atoms with Gasteiger partial charge in [0, 0.05) is 12.1 Å². The zero-order chi connectivity index (χ0) is 23.9. The van der Waals surface area contributed by atoms with Gasteiger partial charge in [0.2, 0.25) is 6.79 Å². The summed E-state index contributed by atoms with van der Waals surface area (Å²) in [4.78, 5) is 12.7. The number of hydrogen-bond acceptors (Lipinski definition) is 6. The fourth-order valence-corrected chi connectivity index (χ4v) is 3.55. The summed E-state index contributed by atoms with van der Waals surface area (Å²) in [6.07, 6.45) is 1.50. The van der Waals surface area contributed by atoms with Gasteiger partial charge in [-0.15, -0.1) is 0 Å². The van der Waals surface area contributed by atoms with Gasteiger partial charge < -0.3 is 24.3 Å². The predicted molar refractivity (Wildman–Crippen MR) is 127 cm³/mol. The van der Waals surface area contributed by atoms with E-state index in [9.17, 15) is 10.1 Å². The SMILES string of the molecule is COc1cccc(/C=C(\C#N)C(=O)NCc2ccc3c(c2)OCO3)c1OCc1cccc(C)c1. The minimum Gasteiger partial charge on any atom is -0.493 e. The molecule has 1 amide bonds. The number of nitriles is 1. The number of nitrogens with zero attached hydrogens (tertiary/aromatic N) is 1. The number of ether oxygens (including phenoxy) is 4. The maximum Gasteiger partial charge on any atom is 0.262 e. The van der Waals surface area contributed by atoms with Gasteiger partial charge in [-0.2, -0.15) is 5.26 Å². The van der Waals surface area contributed by atoms with Crippen LogP contribution in [-0.2, 0) is 17.9 Å². The lowest BCUT2D eigenvalue weighted by atomic mass is 10.1. The van der Waals surface area contributed by atoms with E-state index >= 15 is 0 Å². The van der Waals surface area contributed by atoms with Gasteiger partial charge in [0.05, 0.1) is 7.11 Å². The molecule has 0 bridgehead atoms. The number of carbonyl (C=O) groups excluding carboxylic acids is 1. The molecule has 0 saturated heterocycles. The van der Waals surface area contributed by atoms with Crippen molar-refractivity contribution < 1.29 is 23.7 Å². The van der Waals surface area contributed by atoms with Gasteiger partial charge in [-0.1, -0.05) is 48.0 Å². The summed E-state index contributed by atoms with van der Waals surface area (Å²) < 4.78 is 22.2. The van der Waals surface area contributed by atoms with Gasteiger partial charge in [0.25, 0.3) is 5.91 Å². The molecule has 1 N–H and O–H groups in total. The largest absolute Gasteiger partial charge is 0.493 e. The van der Waals surface area contributed by atoms with Crippen LogP contribution in [0.4, 0.5) is 0 Å². The van der Waals surface area contributed by atoms with E-state index in [1.807, 2.05) is 43.3 Å². The highest BCUT2D eigenvalue weighted by molar-refractivity contribution is 6.02. The summed E-state index contributed by atoms with van der Waals surface area (Å²) in [5, 5.41) is 12.4. The molecule has 0 unspecified atom stereocenters. The predicted octanol–water partition coefficient (Wildman–Crippen LogP) is 4.53. The highest BCUT2D eigenvalue weighted by Gasteiger charge is 2.16. The van der Waals surface area contributed by atoms with Gasteiger partial charge in [0.1, 0.15) is 18.2 Å². The normalized spacial score (nSPS) is 12.1. The number of fused-ring (bicyclic) bond motifs is 1. The molecule has 0 fully saturated rings. The number of benzene rings is 3. The number of methoxy groups -OCH3 is 1. The van der Waals surface area contributed by atoms with Crippen LogP contribution in [0.15, 0.2) is 66.2 Å². The Morgan fingerprint density at radius 1 is 1.09 bits per heavy atom. The molecule has 3 aromatic carbocycles. The Morgan fingerprint density at radius 3 is 2.71 bits per heavy atom. The maximum absolute atomic E-state index is 12.7. The first-order chi connectivity index (χ1) is 16.6. The Hall–Kier alpha value is -4.44. The standard InChI is InChI=1S/C27H24N2O5/c1-18-5-3-6-20(11-18)16-32-26-21(7-4-8-24(26)31-2)13-22(14-28)27(30)29-15-19-9-10-23-25(12-19)34-17-33-23/h3-13H,15-17H2,1-2H3,(H,29,30)/b22-13+. The van der Waals surface area contributed by atoms with E-state index in [-0.39, 0.29) is 18.9 Å². The fraction of sp³-hybridized carbons (Fsp3) is 0.185. The highest BCUT2D eigenvalue weighted by Crippen LogP contribution is 2.34. The molecular weight excluding hydrogens is 432 g/mol. The number of para-hydroxylation sites is 1. The lowest BCUT2D eigenvalue weighted by Gasteiger charge is -2.14. The van der Waals surface area contributed by atoms with Crippen LogP contribution in [0, 0.1) is 18.3 Å². The van der Waals surface area contributed by atoms with E-state index in [0.29, 0.717) is 35.2 Å². The number of rotatable bonds is 8. The fourth-order valence-electron chi connectivity index (χ4n) is 3.55. The molecular formula is C27H24N2O5. The highest BCUT2D eigenvalue weighted by atomic mass is 16.7. The van der Waals surface area contributed by atoms with E-state index in [1.165, 1.54) is 6.08 Å². The molecule has 1 aliphatic heterocycles. The second-order valence-corrected chi connectivity index (χ2v) is 7.70. The molecule has 172 valence electrons. The number of nitrogens with one attached hydrogen (secondary N) is 1. The van der Waals surface area contributed by atoms with E-state index in [0.717, 1.165) is 16.7 Å². The zero-order valence-corrected chi connectivity index (χ0v) is 19.0. The molecule has 0 atom stereocenters. The summed E-state index contributed by atoms with van der Waals surface area (Å²) in [6, 6.07) is 20.7. The lowest BCUT2D eigenvalue weighted by molar-refractivity contribution is -0.117. The molecule has 7 nitrogen and oxygen atoms in total. The zero-order valence-electron chi connectivity index (χ0n) is 19.0. The quantitative estimate of drug-likeness (QED) is 0.396. The van der Waals surface area contributed by atoms with Gasteiger partial charge >= 0.3 is 0 Å². The van der Waals surface area contributed by atoms with Crippen LogP contribution in [0.3, 0.4) is 0 Å².